The number of aliphatic hydroxyl groups excluding tert-OH is 1. The topological polar surface area (TPSA) is 66.8 Å². The lowest BCUT2D eigenvalue weighted by molar-refractivity contribution is -0.150. The van der Waals surface area contributed by atoms with Crippen molar-refractivity contribution in [1.29, 1.82) is 0 Å². The lowest BCUT2D eigenvalue weighted by Gasteiger charge is -2.23. The Morgan fingerprint density at radius 3 is 2.75 bits per heavy atom. The van der Waals surface area contributed by atoms with Crippen molar-refractivity contribution < 1.29 is 19.7 Å². The van der Waals surface area contributed by atoms with Crippen molar-refractivity contribution in [2.24, 2.45) is 5.41 Å². The maximum atomic E-state index is 10.9. The van der Waals surface area contributed by atoms with Crippen molar-refractivity contribution in [3.05, 3.63) is 0 Å². The lowest BCUT2D eigenvalue weighted by Crippen LogP contribution is -2.34. The van der Waals surface area contributed by atoms with Crippen LogP contribution in [0.4, 0.5) is 0 Å². The predicted molar refractivity (Wildman–Crippen MR) is 41.8 cm³/mol. The molecule has 0 aromatic carbocycles. The Morgan fingerprint density at radius 1 is 1.75 bits per heavy atom. The third-order valence-corrected chi connectivity index (χ3v) is 2.24. The molecule has 0 aliphatic carbocycles. The van der Waals surface area contributed by atoms with Gasteiger partial charge in [0.15, 0.2) is 0 Å². The van der Waals surface area contributed by atoms with Gasteiger partial charge in [-0.25, -0.2) is 0 Å². The Labute approximate surface area is 71.2 Å². The summed E-state index contributed by atoms with van der Waals surface area (Å²) < 4.78 is 5.03. The number of aliphatic hydroxyl groups is 1. The zero-order valence-corrected chi connectivity index (χ0v) is 7.12. The van der Waals surface area contributed by atoms with Crippen LogP contribution in [0.3, 0.4) is 0 Å². The number of hydrogen-bond donors (Lipinski definition) is 2. The first-order valence-electron chi connectivity index (χ1n) is 4.06. The van der Waals surface area contributed by atoms with Crippen LogP contribution in [0.1, 0.15) is 19.8 Å². The van der Waals surface area contributed by atoms with E-state index in [-0.39, 0.29) is 13.0 Å². The first-order chi connectivity index (χ1) is 5.57. The predicted octanol–water partition coefficient (Wildman–Crippen LogP) is 0.249. The molecule has 12 heavy (non-hydrogen) atoms. The summed E-state index contributed by atoms with van der Waals surface area (Å²) >= 11 is 0. The highest BCUT2D eigenvalue weighted by molar-refractivity contribution is 5.75. The molecule has 2 N–H and O–H groups in total. The van der Waals surface area contributed by atoms with Crippen LogP contribution in [0, 0.1) is 5.41 Å². The normalized spacial score (nSPS) is 31.8. The first-order valence-corrected chi connectivity index (χ1v) is 4.06. The Bertz CT molecular complexity index is 170. The summed E-state index contributed by atoms with van der Waals surface area (Å²) in [5.41, 5.74) is -0.839. The molecule has 1 aliphatic heterocycles. The zero-order chi connectivity index (χ0) is 9.19. The second-order valence-electron chi connectivity index (χ2n) is 3.44. The summed E-state index contributed by atoms with van der Waals surface area (Å²) in [6.45, 7) is 2.31. The summed E-state index contributed by atoms with van der Waals surface area (Å²) in [7, 11) is 0. The van der Waals surface area contributed by atoms with E-state index >= 15 is 0 Å². The van der Waals surface area contributed by atoms with Crippen LogP contribution in [0.15, 0.2) is 0 Å². The SMILES string of the molecule is CC(O)CC1(C(=O)O)CCOC1. The lowest BCUT2D eigenvalue weighted by atomic mass is 9.82. The summed E-state index contributed by atoms with van der Waals surface area (Å²) in [6.07, 6.45) is 0.207. The van der Waals surface area contributed by atoms with E-state index in [0.717, 1.165) is 0 Å². The largest absolute Gasteiger partial charge is 0.481 e. The summed E-state index contributed by atoms with van der Waals surface area (Å²) in [5.74, 6) is -0.860. The molecule has 0 amide bonds. The number of carboxylic acid groups (broad SMARTS) is 1. The first kappa shape index (κ1) is 9.48. The summed E-state index contributed by atoms with van der Waals surface area (Å²) in [6, 6.07) is 0. The molecule has 1 saturated heterocycles. The molecular weight excluding hydrogens is 160 g/mol. The molecule has 2 unspecified atom stereocenters. The van der Waals surface area contributed by atoms with Gasteiger partial charge in [0.25, 0.3) is 0 Å². The van der Waals surface area contributed by atoms with Gasteiger partial charge in [-0.3, -0.25) is 4.79 Å². The van der Waals surface area contributed by atoms with Gasteiger partial charge in [-0.2, -0.15) is 0 Å². The number of ether oxygens (including phenoxy) is 1. The third-order valence-electron chi connectivity index (χ3n) is 2.24. The summed E-state index contributed by atoms with van der Waals surface area (Å²) in [5, 5.41) is 18.0. The third kappa shape index (κ3) is 1.76. The minimum Gasteiger partial charge on any atom is -0.481 e. The fraction of sp³-hybridized carbons (Fsp3) is 0.875. The molecule has 1 fully saturated rings. The van der Waals surface area contributed by atoms with Gasteiger partial charge in [0.2, 0.25) is 0 Å². The molecule has 1 rings (SSSR count). The van der Waals surface area contributed by atoms with Crippen LogP contribution in [0.5, 0.6) is 0 Å². The van der Waals surface area contributed by atoms with Gasteiger partial charge >= 0.3 is 5.97 Å². The molecule has 1 aliphatic rings. The molecular formula is C8H14O4. The van der Waals surface area contributed by atoms with Gasteiger partial charge in [0.05, 0.1) is 18.1 Å². The van der Waals surface area contributed by atoms with Crippen LogP contribution >= 0.6 is 0 Å². The molecule has 0 aromatic heterocycles. The zero-order valence-electron chi connectivity index (χ0n) is 7.12. The van der Waals surface area contributed by atoms with Crippen molar-refractivity contribution in [2.75, 3.05) is 13.2 Å². The van der Waals surface area contributed by atoms with E-state index < -0.39 is 17.5 Å². The smallest absolute Gasteiger partial charge is 0.312 e. The Balaban J connectivity index is 2.65. The Morgan fingerprint density at radius 2 is 2.42 bits per heavy atom. The standard InChI is InChI=1S/C8H14O4/c1-6(9)4-8(7(10)11)2-3-12-5-8/h6,9H,2-5H2,1H3,(H,10,11). The molecule has 4 heteroatoms. The van der Waals surface area contributed by atoms with E-state index in [4.69, 9.17) is 14.9 Å². The van der Waals surface area contributed by atoms with Crippen LogP contribution in [0.2, 0.25) is 0 Å². The highest BCUT2D eigenvalue weighted by Crippen LogP contribution is 2.33. The number of rotatable bonds is 3. The van der Waals surface area contributed by atoms with E-state index in [1.54, 1.807) is 6.92 Å². The van der Waals surface area contributed by atoms with Crippen molar-refractivity contribution >= 4 is 5.97 Å². The van der Waals surface area contributed by atoms with Gasteiger partial charge < -0.3 is 14.9 Å². The summed E-state index contributed by atoms with van der Waals surface area (Å²) in [4.78, 5) is 10.9. The minimum atomic E-state index is -0.860. The minimum absolute atomic E-state index is 0.229. The average molecular weight is 174 g/mol. The molecule has 4 nitrogen and oxygen atoms in total. The maximum Gasteiger partial charge on any atom is 0.312 e. The van der Waals surface area contributed by atoms with Gasteiger partial charge in [-0.05, 0) is 19.8 Å². The molecule has 70 valence electrons. The van der Waals surface area contributed by atoms with Gasteiger partial charge in [0, 0.05) is 6.61 Å². The number of aliphatic carboxylic acids is 1. The monoisotopic (exact) mass is 174 g/mol. The van der Waals surface area contributed by atoms with Gasteiger partial charge in [-0.15, -0.1) is 0 Å². The van der Waals surface area contributed by atoms with E-state index in [1.165, 1.54) is 0 Å². The van der Waals surface area contributed by atoms with Crippen LogP contribution in [0.25, 0.3) is 0 Å². The van der Waals surface area contributed by atoms with Crippen molar-refractivity contribution in [3.63, 3.8) is 0 Å². The van der Waals surface area contributed by atoms with Crippen molar-refractivity contribution in [3.8, 4) is 0 Å². The van der Waals surface area contributed by atoms with Crippen LogP contribution in [-0.2, 0) is 9.53 Å². The average Bonchev–Trinajstić information content (AvgIpc) is 2.35. The van der Waals surface area contributed by atoms with Crippen LogP contribution < -0.4 is 0 Å². The Kier molecular flexibility index (Phi) is 2.69. The van der Waals surface area contributed by atoms with E-state index in [9.17, 15) is 4.79 Å². The molecule has 0 aromatic rings. The highest BCUT2D eigenvalue weighted by Gasteiger charge is 2.43. The Hall–Kier alpha value is -0.610. The second-order valence-corrected chi connectivity index (χ2v) is 3.44. The van der Waals surface area contributed by atoms with Crippen molar-refractivity contribution in [2.45, 2.75) is 25.9 Å². The molecule has 0 radical (unpaired) electrons. The van der Waals surface area contributed by atoms with Crippen LogP contribution in [-0.4, -0.2) is 35.5 Å². The molecule has 2 atom stereocenters. The molecule has 0 bridgehead atoms. The quantitative estimate of drug-likeness (QED) is 0.643. The van der Waals surface area contributed by atoms with Gasteiger partial charge in [0.1, 0.15) is 0 Å². The van der Waals surface area contributed by atoms with Gasteiger partial charge in [-0.1, -0.05) is 0 Å². The van der Waals surface area contributed by atoms with E-state index in [2.05, 4.69) is 0 Å². The van der Waals surface area contributed by atoms with E-state index in [1.807, 2.05) is 0 Å². The van der Waals surface area contributed by atoms with E-state index in [0.29, 0.717) is 13.0 Å². The highest BCUT2D eigenvalue weighted by atomic mass is 16.5. The maximum absolute atomic E-state index is 10.9. The number of hydrogen-bond acceptors (Lipinski definition) is 3. The molecule has 0 saturated carbocycles. The van der Waals surface area contributed by atoms with Crippen molar-refractivity contribution in [1.82, 2.24) is 0 Å². The number of carboxylic acids is 1. The molecule has 0 spiro atoms. The molecule has 1 heterocycles. The number of carbonyl (C=O) groups is 1. The fourth-order valence-electron chi connectivity index (χ4n) is 1.59. The fourth-order valence-corrected chi connectivity index (χ4v) is 1.59. The second kappa shape index (κ2) is 3.41.